The molecule has 0 radical (unpaired) electrons. The number of hydrogen-bond donors (Lipinski definition) is 2. The molecule has 0 heterocycles. The average molecular weight is 294 g/mol. The van der Waals surface area contributed by atoms with E-state index in [1.807, 2.05) is 24.3 Å². The highest BCUT2D eigenvalue weighted by Gasteiger charge is 2.04. The summed E-state index contributed by atoms with van der Waals surface area (Å²) < 4.78 is 10.5. The minimum Gasteiger partial charge on any atom is -0.385 e. The SMILES string of the molecule is CCCOCc1ccccc1CNC(=O)NCCCOC. The fourth-order valence-corrected chi connectivity index (χ4v) is 1.85. The van der Waals surface area contributed by atoms with E-state index in [0.717, 1.165) is 30.6 Å². The van der Waals surface area contributed by atoms with E-state index in [0.29, 0.717) is 26.3 Å². The second kappa shape index (κ2) is 11.1. The Kier molecular flexibility index (Phi) is 9.24. The molecule has 0 saturated carbocycles. The number of rotatable bonds is 10. The van der Waals surface area contributed by atoms with Gasteiger partial charge in [-0.25, -0.2) is 4.79 Å². The van der Waals surface area contributed by atoms with E-state index in [9.17, 15) is 4.79 Å². The lowest BCUT2D eigenvalue weighted by Gasteiger charge is -2.11. The predicted octanol–water partition coefficient (Wildman–Crippen LogP) is 2.45. The number of ether oxygens (including phenoxy) is 2. The van der Waals surface area contributed by atoms with Crippen molar-refractivity contribution in [2.45, 2.75) is 32.9 Å². The third kappa shape index (κ3) is 7.68. The summed E-state index contributed by atoms with van der Waals surface area (Å²) in [6.07, 6.45) is 1.82. The molecule has 5 nitrogen and oxygen atoms in total. The zero-order valence-corrected chi connectivity index (χ0v) is 13.0. The summed E-state index contributed by atoms with van der Waals surface area (Å²) in [5.41, 5.74) is 2.20. The van der Waals surface area contributed by atoms with Crippen LogP contribution in [0, 0.1) is 0 Å². The normalized spacial score (nSPS) is 10.4. The first-order valence-corrected chi connectivity index (χ1v) is 7.43. The molecule has 0 fully saturated rings. The van der Waals surface area contributed by atoms with E-state index in [1.54, 1.807) is 7.11 Å². The van der Waals surface area contributed by atoms with Crippen molar-refractivity contribution in [2.75, 3.05) is 26.9 Å². The summed E-state index contributed by atoms with van der Waals surface area (Å²) in [5.74, 6) is 0. The molecule has 1 rings (SSSR count). The highest BCUT2D eigenvalue weighted by Crippen LogP contribution is 2.10. The van der Waals surface area contributed by atoms with Gasteiger partial charge in [0.05, 0.1) is 6.61 Å². The van der Waals surface area contributed by atoms with Gasteiger partial charge >= 0.3 is 6.03 Å². The van der Waals surface area contributed by atoms with E-state index in [1.165, 1.54) is 0 Å². The van der Waals surface area contributed by atoms with Crippen LogP contribution in [0.15, 0.2) is 24.3 Å². The van der Waals surface area contributed by atoms with Crippen molar-refractivity contribution < 1.29 is 14.3 Å². The van der Waals surface area contributed by atoms with Crippen molar-refractivity contribution in [1.29, 1.82) is 0 Å². The molecule has 0 aliphatic carbocycles. The Hall–Kier alpha value is -1.59. The number of hydrogen-bond acceptors (Lipinski definition) is 3. The summed E-state index contributed by atoms with van der Waals surface area (Å²) in [5, 5.41) is 5.66. The molecule has 0 unspecified atom stereocenters. The van der Waals surface area contributed by atoms with Crippen LogP contribution in [-0.4, -0.2) is 32.9 Å². The minimum absolute atomic E-state index is 0.157. The highest BCUT2D eigenvalue weighted by atomic mass is 16.5. The van der Waals surface area contributed by atoms with Gasteiger partial charge in [0, 0.05) is 33.4 Å². The lowest BCUT2D eigenvalue weighted by Crippen LogP contribution is -2.36. The molecule has 0 aliphatic rings. The van der Waals surface area contributed by atoms with Crippen LogP contribution in [0.1, 0.15) is 30.9 Å². The van der Waals surface area contributed by atoms with Gasteiger partial charge in [-0.3, -0.25) is 0 Å². The molecule has 1 aromatic carbocycles. The molecule has 0 atom stereocenters. The quantitative estimate of drug-likeness (QED) is 0.652. The number of carbonyl (C=O) groups is 1. The first-order valence-electron chi connectivity index (χ1n) is 7.43. The van der Waals surface area contributed by atoms with Gasteiger partial charge in [-0.2, -0.15) is 0 Å². The van der Waals surface area contributed by atoms with Gasteiger partial charge < -0.3 is 20.1 Å². The number of nitrogens with one attached hydrogen (secondary N) is 2. The smallest absolute Gasteiger partial charge is 0.315 e. The zero-order chi connectivity index (χ0) is 15.3. The van der Waals surface area contributed by atoms with E-state index in [-0.39, 0.29) is 6.03 Å². The first kappa shape index (κ1) is 17.5. The van der Waals surface area contributed by atoms with Gasteiger partial charge in [0.1, 0.15) is 0 Å². The lowest BCUT2D eigenvalue weighted by atomic mass is 10.1. The number of benzene rings is 1. The molecule has 2 N–H and O–H groups in total. The Labute approximate surface area is 127 Å². The van der Waals surface area contributed by atoms with Gasteiger partial charge in [-0.1, -0.05) is 31.2 Å². The minimum atomic E-state index is -0.157. The molecule has 1 aromatic rings. The summed E-state index contributed by atoms with van der Waals surface area (Å²) in [4.78, 5) is 11.7. The second-order valence-electron chi connectivity index (χ2n) is 4.78. The number of carbonyl (C=O) groups excluding carboxylic acids is 1. The highest BCUT2D eigenvalue weighted by molar-refractivity contribution is 5.73. The number of methoxy groups -OCH3 is 1. The van der Waals surface area contributed by atoms with E-state index in [4.69, 9.17) is 9.47 Å². The van der Waals surface area contributed by atoms with E-state index in [2.05, 4.69) is 17.6 Å². The van der Waals surface area contributed by atoms with Gasteiger partial charge in [0.25, 0.3) is 0 Å². The Morgan fingerprint density at radius 2 is 1.90 bits per heavy atom. The molecule has 0 saturated heterocycles. The van der Waals surface area contributed by atoms with Gasteiger partial charge in [0.15, 0.2) is 0 Å². The van der Waals surface area contributed by atoms with Crippen LogP contribution in [0.25, 0.3) is 0 Å². The van der Waals surface area contributed by atoms with Crippen LogP contribution >= 0.6 is 0 Å². The summed E-state index contributed by atoms with van der Waals surface area (Å²) in [7, 11) is 1.65. The Morgan fingerprint density at radius 1 is 1.14 bits per heavy atom. The van der Waals surface area contributed by atoms with Crippen molar-refractivity contribution in [3.8, 4) is 0 Å². The van der Waals surface area contributed by atoms with Gasteiger partial charge in [-0.15, -0.1) is 0 Å². The fraction of sp³-hybridized carbons (Fsp3) is 0.562. The maximum absolute atomic E-state index is 11.7. The van der Waals surface area contributed by atoms with Crippen LogP contribution < -0.4 is 10.6 Å². The van der Waals surface area contributed by atoms with Crippen LogP contribution in [0.2, 0.25) is 0 Å². The Morgan fingerprint density at radius 3 is 2.62 bits per heavy atom. The van der Waals surface area contributed by atoms with E-state index >= 15 is 0 Å². The molecule has 2 amide bonds. The Balaban J connectivity index is 2.34. The molecule has 0 aromatic heterocycles. The van der Waals surface area contributed by atoms with Gasteiger partial charge in [0.2, 0.25) is 0 Å². The largest absolute Gasteiger partial charge is 0.385 e. The van der Waals surface area contributed by atoms with Crippen LogP contribution in [0.4, 0.5) is 4.79 Å². The van der Waals surface area contributed by atoms with Crippen molar-refractivity contribution in [3.05, 3.63) is 35.4 Å². The third-order valence-corrected chi connectivity index (χ3v) is 2.97. The van der Waals surface area contributed by atoms with Crippen molar-refractivity contribution in [1.82, 2.24) is 10.6 Å². The summed E-state index contributed by atoms with van der Waals surface area (Å²) >= 11 is 0. The lowest BCUT2D eigenvalue weighted by molar-refractivity contribution is 0.121. The van der Waals surface area contributed by atoms with Crippen LogP contribution in [-0.2, 0) is 22.6 Å². The van der Waals surface area contributed by atoms with Crippen molar-refractivity contribution in [3.63, 3.8) is 0 Å². The number of amides is 2. The average Bonchev–Trinajstić information content (AvgIpc) is 2.51. The molecule has 0 aliphatic heterocycles. The van der Waals surface area contributed by atoms with E-state index < -0.39 is 0 Å². The second-order valence-corrected chi connectivity index (χ2v) is 4.78. The zero-order valence-electron chi connectivity index (χ0n) is 13.0. The van der Waals surface area contributed by atoms with Crippen molar-refractivity contribution in [2.24, 2.45) is 0 Å². The Bertz CT molecular complexity index is 410. The molecule has 118 valence electrons. The van der Waals surface area contributed by atoms with Crippen LogP contribution in [0.5, 0.6) is 0 Å². The third-order valence-electron chi connectivity index (χ3n) is 2.97. The maximum Gasteiger partial charge on any atom is 0.315 e. The predicted molar refractivity (Wildman–Crippen MR) is 83.1 cm³/mol. The topological polar surface area (TPSA) is 59.6 Å². The first-order chi connectivity index (χ1) is 10.3. The standard InChI is InChI=1S/C16H26N2O3/c1-3-10-21-13-15-8-5-4-7-14(15)12-18-16(19)17-9-6-11-20-2/h4-5,7-8H,3,6,9-13H2,1-2H3,(H2,17,18,19). The molecule has 0 spiro atoms. The van der Waals surface area contributed by atoms with Crippen LogP contribution in [0.3, 0.4) is 0 Å². The molecule has 5 heteroatoms. The molecular weight excluding hydrogens is 268 g/mol. The number of urea groups is 1. The van der Waals surface area contributed by atoms with Gasteiger partial charge in [-0.05, 0) is 24.0 Å². The maximum atomic E-state index is 11.7. The van der Waals surface area contributed by atoms with Crippen molar-refractivity contribution >= 4 is 6.03 Å². The summed E-state index contributed by atoms with van der Waals surface area (Å²) in [6.45, 7) is 5.19. The molecular formula is C16H26N2O3. The fourth-order valence-electron chi connectivity index (χ4n) is 1.85. The summed E-state index contributed by atoms with van der Waals surface area (Å²) in [6, 6.07) is 7.84. The molecule has 21 heavy (non-hydrogen) atoms. The molecule has 0 bridgehead atoms. The monoisotopic (exact) mass is 294 g/mol.